The summed E-state index contributed by atoms with van der Waals surface area (Å²) in [5.74, 6) is 2.09. The van der Waals surface area contributed by atoms with Crippen LogP contribution in [0.4, 0.5) is 0 Å². The largest absolute Gasteiger partial charge is 0.382 e. The number of rotatable bonds is 12. The molecular formula is C17H31NO3. The second-order valence-corrected chi connectivity index (χ2v) is 7.29. The van der Waals surface area contributed by atoms with Gasteiger partial charge in [-0.25, -0.2) is 0 Å². The third-order valence-corrected chi connectivity index (χ3v) is 5.38. The SMILES string of the molecule is COCCOCCOCCC1(CNC2CC2)CC2CC2C1. The number of hydrogen-bond donors (Lipinski definition) is 1. The van der Waals surface area contributed by atoms with Gasteiger partial charge in [-0.3, -0.25) is 0 Å². The van der Waals surface area contributed by atoms with Gasteiger partial charge in [0.25, 0.3) is 0 Å². The van der Waals surface area contributed by atoms with Gasteiger partial charge in [0.2, 0.25) is 0 Å². The van der Waals surface area contributed by atoms with Crippen LogP contribution < -0.4 is 5.32 Å². The van der Waals surface area contributed by atoms with Crippen molar-refractivity contribution in [2.45, 2.75) is 44.6 Å². The molecule has 2 atom stereocenters. The molecule has 0 aromatic rings. The van der Waals surface area contributed by atoms with Gasteiger partial charge in [0.15, 0.2) is 0 Å². The van der Waals surface area contributed by atoms with Gasteiger partial charge >= 0.3 is 0 Å². The van der Waals surface area contributed by atoms with Crippen molar-refractivity contribution in [1.29, 1.82) is 0 Å². The molecule has 122 valence electrons. The number of fused-ring (bicyclic) bond motifs is 1. The number of nitrogens with one attached hydrogen (secondary N) is 1. The highest BCUT2D eigenvalue weighted by Gasteiger charge is 2.53. The Morgan fingerprint density at radius 3 is 2.29 bits per heavy atom. The second-order valence-electron chi connectivity index (χ2n) is 7.29. The van der Waals surface area contributed by atoms with Crippen molar-refractivity contribution in [3.63, 3.8) is 0 Å². The van der Waals surface area contributed by atoms with E-state index in [4.69, 9.17) is 14.2 Å². The standard InChI is InChI=1S/C17H31NO3/c1-19-6-7-21-9-8-20-5-4-17(13-18-16-2-3-16)11-14-10-15(14)12-17/h14-16,18H,2-13H2,1H3. The molecule has 3 saturated carbocycles. The summed E-state index contributed by atoms with van der Waals surface area (Å²) in [5.41, 5.74) is 0.535. The van der Waals surface area contributed by atoms with Crippen LogP contribution in [0.1, 0.15) is 38.5 Å². The molecule has 0 saturated heterocycles. The molecule has 4 nitrogen and oxygen atoms in total. The Balaban J connectivity index is 1.27. The second kappa shape index (κ2) is 7.40. The zero-order valence-electron chi connectivity index (χ0n) is 13.4. The van der Waals surface area contributed by atoms with Crippen LogP contribution in [0.25, 0.3) is 0 Å². The first-order valence-corrected chi connectivity index (χ1v) is 8.69. The van der Waals surface area contributed by atoms with E-state index in [-0.39, 0.29) is 0 Å². The molecule has 0 amide bonds. The summed E-state index contributed by atoms with van der Waals surface area (Å²) in [7, 11) is 1.70. The molecule has 0 heterocycles. The first-order valence-electron chi connectivity index (χ1n) is 8.69. The molecule has 1 N–H and O–H groups in total. The lowest BCUT2D eigenvalue weighted by Gasteiger charge is -2.31. The number of methoxy groups -OCH3 is 1. The van der Waals surface area contributed by atoms with Gasteiger partial charge in [-0.05, 0) is 55.8 Å². The molecular weight excluding hydrogens is 266 g/mol. The van der Waals surface area contributed by atoms with Crippen molar-refractivity contribution in [3.8, 4) is 0 Å². The lowest BCUT2D eigenvalue weighted by atomic mass is 9.80. The summed E-state index contributed by atoms with van der Waals surface area (Å²) in [6, 6.07) is 0.828. The van der Waals surface area contributed by atoms with Gasteiger partial charge < -0.3 is 19.5 Å². The molecule has 4 heteroatoms. The normalized spacial score (nSPS) is 34.1. The van der Waals surface area contributed by atoms with Crippen LogP contribution in [0.15, 0.2) is 0 Å². The summed E-state index contributed by atoms with van der Waals surface area (Å²) < 4.78 is 16.1. The minimum atomic E-state index is 0.535. The summed E-state index contributed by atoms with van der Waals surface area (Å²) in [6.07, 6.45) is 8.36. The Morgan fingerprint density at radius 2 is 1.62 bits per heavy atom. The average molecular weight is 297 g/mol. The van der Waals surface area contributed by atoms with Crippen LogP contribution in [0.2, 0.25) is 0 Å². The molecule has 0 radical (unpaired) electrons. The van der Waals surface area contributed by atoms with Crippen molar-refractivity contribution in [3.05, 3.63) is 0 Å². The van der Waals surface area contributed by atoms with Crippen molar-refractivity contribution >= 4 is 0 Å². The van der Waals surface area contributed by atoms with E-state index >= 15 is 0 Å². The molecule has 0 spiro atoms. The smallest absolute Gasteiger partial charge is 0.0701 e. The molecule has 3 rings (SSSR count). The minimum absolute atomic E-state index is 0.535. The van der Waals surface area contributed by atoms with Crippen molar-refractivity contribution in [1.82, 2.24) is 5.32 Å². The van der Waals surface area contributed by atoms with Gasteiger partial charge in [-0.1, -0.05) is 0 Å². The summed E-state index contributed by atoms with van der Waals surface area (Å²) >= 11 is 0. The maximum atomic E-state index is 5.78. The topological polar surface area (TPSA) is 39.7 Å². The average Bonchev–Trinajstić information content (AvgIpc) is 3.40. The highest BCUT2D eigenvalue weighted by atomic mass is 16.5. The highest BCUT2D eigenvalue weighted by Crippen LogP contribution is 2.61. The van der Waals surface area contributed by atoms with Crippen molar-refractivity contribution in [2.24, 2.45) is 17.3 Å². The van der Waals surface area contributed by atoms with E-state index in [1.165, 1.54) is 45.1 Å². The zero-order valence-corrected chi connectivity index (χ0v) is 13.4. The lowest BCUT2D eigenvalue weighted by Crippen LogP contribution is -2.35. The first kappa shape index (κ1) is 15.7. The fraction of sp³-hybridized carbons (Fsp3) is 1.00. The molecule has 21 heavy (non-hydrogen) atoms. The molecule has 0 aromatic heterocycles. The Morgan fingerprint density at radius 1 is 0.952 bits per heavy atom. The van der Waals surface area contributed by atoms with E-state index in [0.29, 0.717) is 31.8 Å². The third kappa shape index (κ3) is 4.92. The van der Waals surface area contributed by atoms with Gasteiger partial charge in [0.05, 0.1) is 26.4 Å². The number of ether oxygens (including phenoxy) is 3. The zero-order chi connectivity index (χ0) is 14.5. The summed E-state index contributed by atoms with van der Waals surface area (Å²) in [4.78, 5) is 0. The maximum Gasteiger partial charge on any atom is 0.0701 e. The molecule has 0 bridgehead atoms. The van der Waals surface area contributed by atoms with Gasteiger partial charge in [0, 0.05) is 26.3 Å². The van der Waals surface area contributed by atoms with Gasteiger partial charge in [-0.15, -0.1) is 0 Å². The maximum absolute atomic E-state index is 5.78. The van der Waals surface area contributed by atoms with Crippen LogP contribution in [0.5, 0.6) is 0 Å². The highest BCUT2D eigenvalue weighted by molar-refractivity contribution is 5.04. The van der Waals surface area contributed by atoms with Crippen molar-refractivity contribution in [2.75, 3.05) is 46.7 Å². The van der Waals surface area contributed by atoms with Crippen LogP contribution in [-0.4, -0.2) is 52.7 Å². The van der Waals surface area contributed by atoms with E-state index in [9.17, 15) is 0 Å². The monoisotopic (exact) mass is 297 g/mol. The van der Waals surface area contributed by atoms with E-state index < -0.39 is 0 Å². The van der Waals surface area contributed by atoms with Crippen LogP contribution >= 0.6 is 0 Å². The predicted octanol–water partition coefficient (Wildman–Crippen LogP) is 2.22. The number of hydrogen-bond acceptors (Lipinski definition) is 4. The van der Waals surface area contributed by atoms with E-state index in [2.05, 4.69) is 5.32 Å². The predicted molar refractivity (Wildman–Crippen MR) is 82.4 cm³/mol. The van der Waals surface area contributed by atoms with Crippen LogP contribution in [0, 0.1) is 17.3 Å². The molecule has 3 aliphatic carbocycles. The molecule has 3 fully saturated rings. The van der Waals surface area contributed by atoms with E-state index in [1.807, 2.05) is 0 Å². The van der Waals surface area contributed by atoms with E-state index in [1.54, 1.807) is 7.11 Å². The van der Waals surface area contributed by atoms with Gasteiger partial charge in [0.1, 0.15) is 0 Å². The lowest BCUT2D eigenvalue weighted by molar-refractivity contribution is 0.0157. The molecule has 0 aliphatic heterocycles. The minimum Gasteiger partial charge on any atom is -0.382 e. The Hall–Kier alpha value is -0.160. The van der Waals surface area contributed by atoms with E-state index in [0.717, 1.165) is 24.5 Å². The summed E-state index contributed by atoms with van der Waals surface area (Å²) in [5, 5.41) is 3.76. The Kier molecular flexibility index (Phi) is 5.54. The van der Waals surface area contributed by atoms with Crippen LogP contribution in [-0.2, 0) is 14.2 Å². The van der Waals surface area contributed by atoms with Crippen molar-refractivity contribution < 1.29 is 14.2 Å². The van der Waals surface area contributed by atoms with Crippen LogP contribution in [0.3, 0.4) is 0 Å². The molecule has 0 aromatic carbocycles. The Bertz CT molecular complexity index is 309. The first-order chi connectivity index (χ1) is 10.3. The molecule has 2 unspecified atom stereocenters. The Labute approximate surface area is 128 Å². The quantitative estimate of drug-likeness (QED) is 0.561. The fourth-order valence-corrected chi connectivity index (χ4v) is 3.84. The summed E-state index contributed by atoms with van der Waals surface area (Å²) in [6.45, 7) is 4.83. The fourth-order valence-electron chi connectivity index (χ4n) is 3.84. The van der Waals surface area contributed by atoms with Gasteiger partial charge in [-0.2, -0.15) is 0 Å². The third-order valence-electron chi connectivity index (χ3n) is 5.38. The molecule has 3 aliphatic rings.